The van der Waals surface area contributed by atoms with Crippen LogP contribution in [-0.4, -0.2) is 33.2 Å². The van der Waals surface area contributed by atoms with Gasteiger partial charge in [0.05, 0.1) is 11.9 Å². The predicted octanol–water partition coefficient (Wildman–Crippen LogP) is 2.76. The molecule has 6 heteroatoms. The van der Waals surface area contributed by atoms with Gasteiger partial charge >= 0.3 is 0 Å². The summed E-state index contributed by atoms with van der Waals surface area (Å²) in [5.41, 5.74) is 2.82. The number of hydrogen-bond donors (Lipinski definition) is 1. The van der Waals surface area contributed by atoms with Crippen molar-refractivity contribution in [3.8, 4) is 0 Å². The molecule has 0 saturated carbocycles. The first-order valence-corrected chi connectivity index (χ1v) is 9.84. The van der Waals surface area contributed by atoms with Crippen molar-refractivity contribution >= 4 is 21.6 Å². The summed E-state index contributed by atoms with van der Waals surface area (Å²) in [5, 5.41) is 2.89. The average molecular weight is 340 g/mol. The predicted molar refractivity (Wildman–Crippen MR) is 95.2 cm³/mol. The monoisotopic (exact) mass is 340 g/mol. The molecular weight excluding hydrogens is 312 g/mol. The van der Waals surface area contributed by atoms with Crippen LogP contribution in [0.15, 0.2) is 18.2 Å². The number of nitrogens with zero attached hydrogens (tertiary/aromatic N) is 1. The molecule has 0 bridgehead atoms. The first kappa shape index (κ1) is 19.5. The van der Waals surface area contributed by atoms with Crippen molar-refractivity contribution in [3.63, 3.8) is 0 Å². The summed E-state index contributed by atoms with van der Waals surface area (Å²) < 4.78 is 25.5. The van der Waals surface area contributed by atoms with Crippen LogP contribution in [0.1, 0.15) is 44.2 Å². The van der Waals surface area contributed by atoms with Gasteiger partial charge in [0, 0.05) is 19.0 Å². The van der Waals surface area contributed by atoms with Gasteiger partial charge in [0.15, 0.2) is 0 Å². The van der Waals surface area contributed by atoms with Gasteiger partial charge in [0.25, 0.3) is 0 Å². The number of nitrogens with one attached hydrogen (secondary N) is 1. The number of sulfonamides is 1. The van der Waals surface area contributed by atoms with Crippen LogP contribution in [0.25, 0.3) is 0 Å². The Kier molecular flexibility index (Phi) is 7.06. The van der Waals surface area contributed by atoms with E-state index in [4.69, 9.17) is 0 Å². The first-order chi connectivity index (χ1) is 10.6. The lowest BCUT2D eigenvalue weighted by molar-refractivity contribution is -0.121. The summed E-state index contributed by atoms with van der Waals surface area (Å²) in [6.07, 6.45) is 2.88. The highest BCUT2D eigenvalue weighted by molar-refractivity contribution is 7.92. The highest BCUT2D eigenvalue weighted by Crippen LogP contribution is 2.21. The second kappa shape index (κ2) is 8.34. The van der Waals surface area contributed by atoms with Crippen LogP contribution in [0, 0.1) is 13.8 Å². The zero-order chi connectivity index (χ0) is 17.6. The third-order valence-corrected chi connectivity index (χ3v) is 5.16. The Labute approximate surface area is 140 Å². The maximum absolute atomic E-state index is 12.1. The molecule has 23 heavy (non-hydrogen) atoms. The minimum absolute atomic E-state index is 0.0344. The van der Waals surface area contributed by atoms with Crippen LogP contribution >= 0.6 is 0 Å². The van der Waals surface area contributed by atoms with Crippen molar-refractivity contribution in [2.75, 3.05) is 17.1 Å². The molecule has 1 aromatic carbocycles. The largest absolute Gasteiger partial charge is 0.354 e. The number of rotatable bonds is 8. The van der Waals surface area contributed by atoms with Crippen LogP contribution < -0.4 is 9.62 Å². The second-order valence-electron chi connectivity index (χ2n) is 6.08. The lowest BCUT2D eigenvalue weighted by Crippen LogP contribution is -2.34. The van der Waals surface area contributed by atoms with Crippen molar-refractivity contribution in [3.05, 3.63) is 29.3 Å². The smallest absolute Gasteiger partial charge is 0.232 e. The van der Waals surface area contributed by atoms with Gasteiger partial charge in [-0.15, -0.1) is 0 Å². The summed E-state index contributed by atoms with van der Waals surface area (Å²) in [6, 6.07) is 5.74. The molecule has 1 amide bonds. The number of carbonyl (C=O) groups excluding carboxylic acids is 1. The van der Waals surface area contributed by atoms with Crippen LogP contribution in [0.5, 0.6) is 0 Å². The number of hydrogen-bond acceptors (Lipinski definition) is 3. The van der Waals surface area contributed by atoms with Gasteiger partial charge in [-0.2, -0.15) is 0 Å². The summed E-state index contributed by atoms with van der Waals surface area (Å²) in [6.45, 7) is 8.21. The first-order valence-electron chi connectivity index (χ1n) is 7.99. The molecule has 0 aromatic heterocycles. The fourth-order valence-corrected chi connectivity index (χ4v) is 3.16. The Morgan fingerprint density at radius 2 is 1.91 bits per heavy atom. The van der Waals surface area contributed by atoms with Gasteiger partial charge in [-0.25, -0.2) is 8.42 Å². The number of anilines is 1. The Morgan fingerprint density at radius 1 is 1.26 bits per heavy atom. The molecule has 1 rings (SSSR count). The molecule has 0 radical (unpaired) electrons. The molecule has 5 nitrogen and oxygen atoms in total. The number of carbonyl (C=O) groups is 1. The van der Waals surface area contributed by atoms with Crippen molar-refractivity contribution < 1.29 is 13.2 Å². The Balaban J connectivity index is 2.74. The Morgan fingerprint density at radius 3 is 2.43 bits per heavy atom. The molecule has 130 valence electrons. The van der Waals surface area contributed by atoms with E-state index in [-0.39, 0.29) is 11.9 Å². The molecule has 0 aliphatic heterocycles. The van der Waals surface area contributed by atoms with E-state index in [2.05, 4.69) is 5.32 Å². The molecule has 1 aromatic rings. The van der Waals surface area contributed by atoms with Crippen LogP contribution in [0.3, 0.4) is 0 Å². The van der Waals surface area contributed by atoms with E-state index in [0.29, 0.717) is 25.1 Å². The minimum atomic E-state index is -3.37. The molecule has 0 aliphatic carbocycles. The van der Waals surface area contributed by atoms with Gasteiger partial charge < -0.3 is 5.32 Å². The van der Waals surface area contributed by atoms with Gasteiger partial charge in [-0.05, 0) is 56.9 Å². The summed E-state index contributed by atoms with van der Waals surface area (Å²) >= 11 is 0. The van der Waals surface area contributed by atoms with E-state index >= 15 is 0 Å². The van der Waals surface area contributed by atoms with Crippen LogP contribution in [0.4, 0.5) is 5.69 Å². The molecule has 0 aliphatic rings. The van der Waals surface area contributed by atoms with E-state index in [1.165, 1.54) is 10.6 Å². The third kappa shape index (κ3) is 6.22. The molecule has 0 unspecified atom stereocenters. The quantitative estimate of drug-likeness (QED) is 0.791. The molecular formula is C17H28N2O3S. The molecule has 1 N–H and O–H groups in total. The maximum Gasteiger partial charge on any atom is 0.232 e. The number of amides is 1. The third-order valence-electron chi connectivity index (χ3n) is 3.96. The minimum Gasteiger partial charge on any atom is -0.354 e. The van der Waals surface area contributed by atoms with Crippen molar-refractivity contribution in [1.29, 1.82) is 0 Å². The molecule has 0 heterocycles. The Hall–Kier alpha value is -1.56. The van der Waals surface area contributed by atoms with Crippen molar-refractivity contribution in [2.24, 2.45) is 0 Å². The summed E-state index contributed by atoms with van der Waals surface area (Å²) in [5.74, 6) is -0.0344. The number of aryl methyl sites for hydroxylation is 2. The van der Waals surface area contributed by atoms with Gasteiger partial charge in [0.2, 0.25) is 15.9 Å². The van der Waals surface area contributed by atoms with Crippen molar-refractivity contribution in [2.45, 2.75) is 53.0 Å². The van der Waals surface area contributed by atoms with Crippen LogP contribution in [0.2, 0.25) is 0 Å². The zero-order valence-electron chi connectivity index (χ0n) is 14.7. The lowest BCUT2D eigenvalue weighted by Gasteiger charge is -2.23. The lowest BCUT2D eigenvalue weighted by atomic mass is 10.1. The van der Waals surface area contributed by atoms with Crippen LogP contribution in [-0.2, 0) is 14.8 Å². The van der Waals surface area contributed by atoms with Crippen molar-refractivity contribution in [1.82, 2.24) is 5.32 Å². The highest BCUT2D eigenvalue weighted by Gasteiger charge is 2.18. The normalized spacial score (nSPS) is 12.7. The summed E-state index contributed by atoms with van der Waals surface area (Å²) in [7, 11) is -3.37. The second-order valence-corrected chi connectivity index (χ2v) is 7.99. The van der Waals surface area contributed by atoms with Gasteiger partial charge in [-0.1, -0.05) is 13.0 Å². The fraction of sp³-hybridized carbons (Fsp3) is 0.588. The van der Waals surface area contributed by atoms with E-state index < -0.39 is 10.0 Å². The molecule has 0 spiro atoms. The fourth-order valence-electron chi connectivity index (χ4n) is 2.20. The highest BCUT2D eigenvalue weighted by atomic mass is 32.2. The Bertz CT molecular complexity index is 641. The van der Waals surface area contributed by atoms with E-state index in [0.717, 1.165) is 17.5 Å². The van der Waals surface area contributed by atoms with Gasteiger partial charge in [0.1, 0.15) is 0 Å². The van der Waals surface area contributed by atoms with E-state index in [9.17, 15) is 13.2 Å². The van der Waals surface area contributed by atoms with Gasteiger partial charge in [-0.3, -0.25) is 9.10 Å². The van der Waals surface area contributed by atoms with E-state index in [1.807, 2.05) is 45.9 Å². The summed E-state index contributed by atoms with van der Waals surface area (Å²) in [4.78, 5) is 11.8. The molecule has 0 saturated heterocycles. The molecule has 1 atom stereocenters. The maximum atomic E-state index is 12.1. The SMILES string of the molecule is CC[C@@H](C)NC(=O)CCCN(c1ccc(C)c(C)c1)S(C)(=O)=O. The standard InChI is InChI=1S/C17H28N2O3S/c1-6-15(4)18-17(20)8-7-11-19(23(5,21)22)16-10-9-13(2)14(3)12-16/h9-10,12,15H,6-8,11H2,1-5H3,(H,18,20)/t15-/m1/s1. The average Bonchev–Trinajstić information content (AvgIpc) is 2.45. The van der Waals surface area contributed by atoms with E-state index in [1.54, 1.807) is 0 Å². The zero-order valence-corrected chi connectivity index (χ0v) is 15.5. The topological polar surface area (TPSA) is 66.5 Å². The molecule has 0 fully saturated rings. The number of benzene rings is 1.